The number of pyridine rings is 1. The summed E-state index contributed by atoms with van der Waals surface area (Å²) in [7, 11) is -3.66. The van der Waals surface area contributed by atoms with Crippen LogP contribution in [-0.2, 0) is 10.0 Å². The molecular weight excluding hydrogens is 312 g/mol. The minimum Gasteiger partial charge on any atom is -0.308 e. The number of sulfonamides is 1. The Morgan fingerprint density at radius 2 is 1.86 bits per heavy atom. The molecule has 1 aromatic heterocycles. The van der Waals surface area contributed by atoms with E-state index in [0.29, 0.717) is 10.8 Å². The van der Waals surface area contributed by atoms with Crippen LogP contribution in [0.3, 0.4) is 0 Å². The highest BCUT2D eigenvalue weighted by Crippen LogP contribution is 2.19. The monoisotopic (exact) mass is 326 g/mol. The maximum atomic E-state index is 12.3. The molecule has 4 N–H and O–H groups in total. The molecule has 21 heavy (non-hydrogen) atoms. The van der Waals surface area contributed by atoms with Gasteiger partial charge in [0.15, 0.2) is 0 Å². The number of rotatable bonds is 5. The fourth-order valence-corrected chi connectivity index (χ4v) is 3.05. The third kappa shape index (κ3) is 3.92. The number of benzene rings is 1. The predicted octanol–water partition coefficient (Wildman–Crippen LogP) is 2.06. The van der Waals surface area contributed by atoms with E-state index < -0.39 is 10.0 Å². The summed E-state index contributed by atoms with van der Waals surface area (Å²) in [4.78, 5) is 3.95. The predicted molar refractivity (Wildman–Crippen MR) is 82.2 cm³/mol. The van der Waals surface area contributed by atoms with Crippen molar-refractivity contribution in [2.45, 2.75) is 17.9 Å². The number of nitrogens with two attached hydrogens (primary N) is 1. The topological polar surface area (TPSA) is 97.1 Å². The van der Waals surface area contributed by atoms with Crippen molar-refractivity contribution in [2.24, 2.45) is 5.84 Å². The molecule has 2 aromatic rings. The minimum absolute atomic E-state index is 0.0716. The summed E-state index contributed by atoms with van der Waals surface area (Å²) in [5.41, 5.74) is 3.15. The van der Waals surface area contributed by atoms with Gasteiger partial charge in [0.2, 0.25) is 10.0 Å². The number of nitrogen functional groups attached to an aromatic ring is 1. The standard InChI is InChI=1S/C13H15ClN4O2S/c1-9(10-2-4-11(14)5-3-10)18-21(19,20)12-6-7-13(17-15)16-8-12/h2-9,18H,15H2,1H3,(H,16,17). The van der Waals surface area contributed by atoms with Crippen LogP contribution in [0.15, 0.2) is 47.5 Å². The van der Waals surface area contributed by atoms with Crippen molar-refractivity contribution in [3.05, 3.63) is 53.2 Å². The highest BCUT2D eigenvalue weighted by Gasteiger charge is 2.18. The van der Waals surface area contributed by atoms with Gasteiger partial charge in [-0.2, -0.15) is 0 Å². The highest BCUT2D eigenvalue weighted by molar-refractivity contribution is 7.89. The Hall–Kier alpha value is -1.67. The Labute approximate surface area is 128 Å². The molecule has 0 radical (unpaired) electrons. The van der Waals surface area contributed by atoms with Gasteiger partial charge in [-0.05, 0) is 36.8 Å². The van der Waals surface area contributed by atoms with Crippen molar-refractivity contribution in [2.75, 3.05) is 5.43 Å². The smallest absolute Gasteiger partial charge is 0.242 e. The van der Waals surface area contributed by atoms with E-state index in [4.69, 9.17) is 17.4 Å². The van der Waals surface area contributed by atoms with Crippen molar-refractivity contribution in [1.82, 2.24) is 9.71 Å². The molecule has 112 valence electrons. The fourth-order valence-electron chi connectivity index (χ4n) is 1.74. The second-order valence-corrected chi connectivity index (χ2v) is 6.57. The van der Waals surface area contributed by atoms with Crippen molar-refractivity contribution in [3.8, 4) is 0 Å². The molecule has 8 heteroatoms. The Balaban J connectivity index is 2.17. The number of anilines is 1. The third-order valence-electron chi connectivity index (χ3n) is 2.90. The fraction of sp³-hybridized carbons (Fsp3) is 0.154. The second kappa shape index (κ2) is 6.40. The first kappa shape index (κ1) is 15.7. The van der Waals surface area contributed by atoms with E-state index in [2.05, 4.69) is 15.1 Å². The van der Waals surface area contributed by atoms with Gasteiger partial charge in [0.25, 0.3) is 0 Å². The van der Waals surface area contributed by atoms with E-state index in [-0.39, 0.29) is 10.9 Å². The van der Waals surface area contributed by atoms with Crippen LogP contribution >= 0.6 is 11.6 Å². The zero-order valence-corrected chi connectivity index (χ0v) is 12.8. The van der Waals surface area contributed by atoms with E-state index in [1.807, 2.05) is 0 Å². The molecule has 0 aliphatic rings. The van der Waals surface area contributed by atoms with Gasteiger partial charge in [-0.1, -0.05) is 23.7 Å². The van der Waals surface area contributed by atoms with Crippen LogP contribution in [-0.4, -0.2) is 13.4 Å². The Morgan fingerprint density at radius 1 is 1.19 bits per heavy atom. The summed E-state index contributed by atoms with van der Waals surface area (Å²) >= 11 is 5.81. The van der Waals surface area contributed by atoms with Crippen molar-refractivity contribution >= 4 is 27.4 Å². The summed E-state index contributed by atoms with van der Waals surface area (Å²) < 4.78 is 27.1. The largest absolute Gasteiger partial charge is 0.308 e. The molecule has 1 aromatic carbocycles. The maximum Gasteiger partial charge on any atom is 0.242 e. The Morgan fingerprint density at radius 3 is 2.38 bits per heavy atom. The normalized spacial score (nSPS) is 12.9. The molecule has 0 aliphatic carbocycles. The number of hydrogen-bond donors (Lipinski definition) is 3. The number of nitrogens with zero attached hydrogens (tertiary/aromatic N) is 1. The number of nitrogens with one attached hydrogen (secondary N) is 2. The molecule has 0 spiro atoms. The molecule has 1 heterocycles. The van der Waals surface area contributed by atoms with Gasteiger partial charge < -0.3 is 5.43 Å². The summed E-state index contributed by atoms with van der Waals surface area (Å²) in [6, 6.07) is 9.50. The molecule has 0 fully saturated rings. The molecule has 0 amide bonds. The van der Waals surface area contributed by atoms with Crippen LogP contribution in [0.25, 0.3) is 0 Å². The molecular formula is C13H15ClN4O2S. The van der Waals surface area contributed by atoms with E-state index in [1.165, 1.54) is 18.3 Å². The van der Waals surface area contributed by atoms with Gasteiger partial charge in [-0.3, -0.25) is 0 Å². The molecule has 0 saturated heterocycles. The Kier molecular flexibility index (Phi) is 4.79. The third-order valence-corrected chi connectivity index (χ3v) is 4.67. The van der Waals surface area contributed by atoms with Gasteiger partial charge >= 0.3 is 0 Å². The number of hydrogen-bond acceptors (Lipinski definition) is 5. The van der Waals surface area contributed by atoms with Gasteiger partial charge in [0, 0.05) is 17.3 Å². The van der Waals surface area contributed by atoms with Crippen molar-refractivity contribution in [1.29, 1.82) is 0 Å². The summed E-state index contributed by atoms with van der Waals surface area (Å²) in [5, 5.41) is 0.600. The average molecular weight is 327 g/mol. The van der Waals surface area contributed by atoms with E-state index in [1.54, 1.807) is 31.2 Å². The Bertz CT molecular complexity index is 702. The molecule has 0 aliphatic heterocycles. The second-order valence-electron chi connectivity index (χ2n) is 4.42. The molecule has 1 unspecified atom stereocenters. The average Bonchev–Trinajstić information content (AvgIpc) is 2.47. The van der Waals surface area contributed by atoms with Gasteiger partial charge in [0.1, 0.15) is 10.7 Å². The van der Waals surface area contributed by atoms with Gasteiger partial charge in [-0.15, -0.1) is 0 Å². The van der Waals surface area contributed by atoms with Crippen LogP contribution in [0.4, 0.5) is 5.82 Å². The molecule has 2 rings (SSSR count). The first-order valence-corrected chi connectivity index (χ1v) is 7.99. The lowest BCUT2D eigenvalue weighted by Gasteiger charge is -2.14. The first-order chi connectivity index (χ1) is 9.92. The van der Waals surface area contributed by atoms with Gasteiger partial charge in [0.05, 0.1) is 0 Å². The van der Waals surface area contributed by atoms with Crippen LogP contribution in [0.2, 0.25) is 5.02 Å². The maximum absolute atomic E-state index is 12.3. The number of hydrazine groups is 1. The molecule has 0 bridgehead atoms. The summed E-state index contributed by atoms with van der Waals surface area (Å²) in [6.45, 7) is 1.75. The number of aromatic nitrogens is 1. The van der Waals surface area contributed by atoms with Crippen LogP contribution in [0, 0.1) is 0 Å². The van der Waals surface area contributed by atoms with E-state index in [0.717, 1.165) is 5.56 Å². The van der Waals surface area contributed by atoms with Crippen LogP contribution in [0.1, 0.15) is 18.5 Å². The van der Waals surface area contributed by atoms with E-state index in [9.17, 15) is 8.42 Å². The van der Waals surface area contributed by atoms with Gasteiger partial charge in [-0.25, -0.2) is 24.0 Å². The highest BCUT2D eigenvalue weighted by atomic mass is 35.5. The molecule has 0 saturated carbocycles. The van der Waals surface area contributed by atoms with Crippen molar-refractivity contribution in [3.63, 3.8) is 0 Å². The lowest BCUT2D eigenvalue weighted by Crippen LogP contribution is -2.27. The quantitative estimate of drug-likeness (QED) is 0.577. The van der Waals surface area contributed by atoms with Crippen LogP contribution in [0.5, 0.6) is 0 Å². The minimum atomic E-state index is -3.66. The zero-order chi connectivity index (χ0) is 15.5. The zero-order valence-electron chi connectivity index (χ0n) is 11.2. The SMILES string of the molecule is CC(NS(=O)(=O)c1ccc(NN)nc1)c1ccc(Cl)cc1. The molecule has 6 nitrogen and oxygen atoms in total. The molecule has 1 atom stereocenters. The van der Waals surface area contributed by atoms with Crippen molar-refractivity contribution < 1.29 is 8.42 Å². The first-order valence-electron chi connectivity index (χ1n) is 6.13. The summed E-state index contributed by atoms with van der Waals surface area (Å²) in [5.74, 6) is 5.58. The lowest BCUT2D eigenvalue weighted by molar-refractivity contribution is 0.566. The van der Waals surface area contributed by atoms with Crippen LogP contribution < -0.4 is 16.0 Å². The number of halogens is 1. The lowest BCUT2D eigenvalue weighted by atomic mass is 10.1. The summed E-state index contributed by atoms with van der Waals surface area (Å²) in [6.07, 6.45) is 1.24. The van der Waals surface area contributed by atoms with E-state index >= 15 is 0 Å².